The van der Waals surface area contributed by atoms with Crippen LogP contribution in [0.5, 0.6) is 0 Å². The number of carbonyl (C=O) groups excluding carboxylic acids is 2. The zero-order valence-corrected chi connectivity index (χ0v) is 13.5. The van der Waals surface area contributed by atoms with Crippen LogP contribution >= 0.6 is 0 Å². The highest BCUT2D eigenvalue weighted by molar-refractivity contribution is 5.94. The molecule has 0 unspecified atom stereocenters. The fraction of sp³-hybridized carbons (Fsp3) is 0.364. The molecule has 120 valence electrons. The number of hydrogen-bond acceptors (Lipinski definition) is 2. The molecule has 0 aromatic heterocycles. The second-order valence-corrected chi connectivity index (χ2v) is 7.59. The van der Waals surface area contributed by atoms with E-state index in [1.165, 1.54) is 11.1 Å². The molecule has 0 amide bonds. The Bertz CT molecular complexity index is 734. The lowest BCUT2D eigenvalue weighted by Gasteiger charge is -2.44. The van der Waals surface area contributed by atoms with Crippen LogP contribution in [0.2, 0.25) is 0 Å². The third-order valence-electron chi connectivity index (χ3n) is 6.46. The molecule has 4 bridgehead atoms. The molecule has 0 N–H and O–H groups in total. The Morgan fingerprint density at radius 3 is 1.58 bits per heavy atom. The summed E-state index contributed by atoms with van der Waals surface area (Å²) in [7, 11) is 0. The molecule has 24 heavy (non-hydrogen) atoms. The van der Waals surface area contributed by atoms with Gasteiger partial charge in [0.25, 0.3) is 0 Å². The summed E-state index contributed by atoms with van der Waals surface area (Å²) in [5, 5.41) is 0. The van der Waals surface area contributed by atoms with Crippen LogP contribution in [0.25, 0.3) is 0 Å². The van der Waals surface area contributed by atoms with Crippen LogP contribution in [0.15, 0.2) is 71.9 Å². The molecule has 0 aromatic rings. The number of hydrogen-bond donors (Lipinski definition) is 0. The molecule has 0 aliphatic heterocycles. The van der Waals surface area contributed by atoms with E-state index in [2.05, 4.69) is 48.6 Å². The first-order valence-electron chi connectivity index (χ1n) is 8.93. The van der Waals surface area contributed by atoms with Crippen molar-refractivity contribution >= 4 is 11.6 Å². The van der Waals surface area contributed by atoms with E-state index in [1.54, 1.807) is 12.2 Å². The first-order valence-corrected chi connectivity index (χ1v) is 8.93. The molecule has 0 aromatic carbocycles. The maximum Gasteiger partial charge on any atom is 0.162 e. The lowest BCUT2D eigenvalue weighted by atomic mass is 9.60. The van der Waals surface area contributed by atoms with E-state index in [9.17, 15) is 9.59 Å². The molecule has 5 aliphatic carbocycles. The van der Waals surface area contributed by atoms with Gasteiger partial charge in [0.1, 0.15) is 0 Å². The van der Waals surface area contributed by atoms with Crippen LogP contribution in [0.3, 0.4) is 0 Å². The van der Waals surface area contributed by atoms with Gasteiger partial charge in [-0.15, -0.1) is 0 Å². The highest BCUT2D eigenvalue weighted by Crippen LogP contribution is 2.54. The van der Waals surface area contributed by atoms with Crippen molar-refractivity contribution in [3.63, 3.8) is 0 Å². The van der Waals surface area contributed by atoms with Crippen LogP contribution < -0.4 is 0 Å². The topological polar surface area (TPSA) is 34.1 Å². The fourth-order valence-corrected chi connectivity index (χ4v) is 5.28. The van der Waals surface area contributed by atoms with Gasteiger partial charge in [0, 0.05) is 11.8 Å². The third-order valence-corrected chi connectivity index (χ3v) is 6.46. The van der Waals surface area contributed by atoms with Crippen molar-refractivity contribution in [2.24, 2.45) is 35.5 Å². The summed E-state index contributed by atoms with van der Waals surface area (Å²) in [4.78, 5) is 24.8. The Morgan fingerprint density at radius 2 is 1.12 bits per heavy atom. The maximum atomic E-state index is 12.4. The summed E-state index contributed by atoms with van der Waals surface area (Å²) >= 11 is 0. The van der Waals surface area contributed by atoms with Gasteiger partial charge in [-0.3, -0.25) is 9.59 Å². The minimum atomic E-state index is -0.00684. The van der Waals surface area contributed by atoms with Gasteiger partial charge in [-0.2, -0.15) is 0 Å². The predicted molar refractivity (Wildman–Crippen MR) is 92.9 cm³/mol. The van der Waals surface area contributed by atoms with E-state index >= 15 is 0 Å². The second kappa shape index (κ2) is 5.14. The van der Waals surface area contributed by atoms with Gasteiger partial charge >= 0.3 is 0 Å². The molecule has 0 spiro atoms. The second-order valence-electron chi connectivity index (χ2n) is 7.59. The van der Waals surface area contributed by atoms with Crippen LogP contribution in [-0.2, 0) is 9.59 Å². The van der Waals surface area contributed by atoms with Crippen molar-refractivity contribution in [3.05, 3.63) is 71.9 Å². The number of ketones is 2. The Labute approximate surface area is 142 Å². The molecule has 0 heterocycles. The lowest BCUT2D eigenvalue weighted by Crippen LogP contribution is -2.36. The zero-order chi connectivity index (χ0) is 16.3. The first-order chi connectivity index (χ1) is 11.7. The Morgan fingerprint density at radius 1 is 0.667 bits per heavy atom. The first kappa shape index (κ1) is 14.2. The normalized spacial score (nSPS) is 41.8. The number of fused-ring (bicyclic) bond motifs is 4. The van der Waals surface area contributed by atoms with Gasteiger partial charge < -0.3 is 0 Å². The molecule has 5 aliphatic rings. The molecular weight excluding hydrogens is 296 g/mol. The smallest absolute Gasteiger partial charge is 0.162 e. The van der Waals surface area contributed by atoms with Gasteiger partial charge in [-0.1, -0.05) is 48.6 Å². The fourth-order valence-electron chi connectivity index (χ4n) is 5.28. The number of allylic oxidation sites excluding steroid dienone is 12. The summed E-state index contributed by atoms with van der Waals surface area (Å²) in [6.45, 7) is 0. The minimum absolute atomic E-state index is 0.00684. The molecule has 2 nitrogen and oxygen atoms in total. The van der Waals surface area contributed by atoms with E-state index in [0.717, 1.165) is 12.8 Å². The molecule has 6 atom stereocenters. The predicted octanol–water partition coefficient (Wildman–Crippen LogP) is 3.75. The SMILES string of the molecule is O=C1C=C[C@H]2[C@@H]3C=CC(=O)[C@@H]4C=CC=C(C5=CC=C[C@@H]1C[C@H]52)[C@H]3C4. The summed E-state index contributed by atoms with van der Waals surface area (Å²) in [6.07, 6.45) is 22.3. The van der Waals surface area contributed by atoms with Crippen LogP contribution in [0.4, 0.5) is 0 Å². The summed E-state index contributed by atoms with van der Waals surface area (Å²) < 4.78 is 0. The molecular formula is C22H20O2. The van der Waals surface area contributed by atoms with Gasteiger partial charge in [-0.25, -0.2) is 0 Å². The van der Waals surface area contributed by atoms with E-state index in [1.807, 2.05) is 0 Å². The Kier molecular flexibility index (Phi) is 3.03. The van der Waals surface area contributed by atoms with Gasteiger partial charge in [0.15, 0.2) is 11.6 Å². The van der Waals surface area contributed by atoms with Crippen LogP contribution in [-0.4, -0.2) is 11.6 Å². The van der Waals surface area contributed by atoms with Crippen molar-refractivity contribution in [1.29, 1.82) is 0 Å². The Hall–Kier alpha value is -2.22. The van der Waals surface area contributed by atoms with E-state index in [4.69, 9.17) is 0 Å². The Balaban J connectivity index is 1.71. The van der Waals surface area contributed by atoms with E-state index in [-0.39, 0.29) is 23.4 Å². The molecule has 0 saturated heterocycles. The van der Waals surface area contributed by atoms with Crippen molar-refractivity contribution in [3.8, 4) is 0 Å². The van der Waals surface area contributed by atoms with Crippen molar-refractivity contribution in [1.82, 2.24) is 0 Å². The van der Waals surface area contributed by atoms with Gasteiger partial charge in [0.05, 0.1) is 0 Å². The quantitative estimate of drug-likeness (QED) is 0.682. The molecule has 1 fully saturated rings. The largest absolute Gasteiger partial charge is 0.294 e. The highest BCUT2D eigenvalue weighted by Gasteiger charge is 2.46. The van der Waals surface area contributed by atoms with E-state index in [0.29, 0.717) is 23.7 Å². The monoisotopic (exact) mass is 316 g/mol. The average molecular weight is 316 g/mol. The van der Waals surface area contributed by atoms with E-state index < -0.39 is 0 Å². The lowest BCUT2D eigenvalue weighted by molar-refractivity contribution is -0.118. The third kappa shape index (κ3) is 1.95. The zero-order valence-electron chi connectivity index (χ0n) is 13.5. The molecule has 1 saturated carbocycles. The average Bonchev–Trinajstić information content (AvgIpc) is 3.04. The van der Waals surface area contributed by atoms with Crippen molar-refractivity contribution < 1.29 is 9.59 Å². The number of carbonyl (C=O) groups is 2. The van der Waals surface area contributed by atoms with Crippen molar-refractivity contribution in [2.75, 3.05) is 0 Å². The standard InChI is InChI=1S/C22H20O2/c23-21-9-7-17-18-8-10-22(24)14-4-2-6-16(20(18)12-14)15-5-1-3-13(21)11-19(15)17/h1-10,13-14,17-20H,11-12H2/t13-,14-,17+,18+,19-,20-/m1/s1. The summed E-state index contributed by atoms with van der Waals surface area (Å²) in [5.41, 5.74) is 2.76. The van der Waals surface area contributed by atoms with Crippen LogP contribution in [0, 0.1) is 35.5 Å². The summed E-state index contributed by atoms with van der Waals surface area (Å²) in [5.74, 6) is 1.78. The minimum Gasteiger partial charge on any atom is -0.294 e. The number of rotatable bonds is 0. The molecule has 0 radical (unpaired) electrons. The highest BCUT2D eigenvalue weighted by atomic mass is 16.1. The maximum absolute atomic E-state index is 12.4. The molecule has 5 rings (SSSR count). The van der Waals surface area contributed by atoms with Gasteiger partial charge in [0.2, 0.25) is 0 Å². The molecule has 2 heteroatoms. The van der Waals surface area contributed by atoms with Crippen molar-refractivity contribution in [2.45, 2.75) is 12.8 Å². The summed E-state index contributed by atoms with van der Waals surface area (Å²) in [6, 6.07) is 0. The van der Waals surface area contributed by atoms with Crippen LogP contribution in [0.1, 0.15) is 12.8 Å². The van der Waals surface area contributed by atoms with Gasteiger partial charge in [-0.05, 0) is 59.8 Å².